The number of anilines is 2. The summed E-state index contributed by atoms with van der Waals surface area (Å²) in [6, 6.07) is 11.4. The fraction of sp³-hybridized carbons (Fsp3) is 0.235. The number of nitrogens with two attached hydrogens (primary N) is 1. The van der Waals surface area contributed by atoms with Crippen LogP contribution in [0.3, 0.4) is 0 Å². The minimum absolute atomic E-state index is 0.145. The quantitative estimate of drug-likeness (QED) is 0.790. The largest absolute Gasteiger partial charge is 0.398 e. The van der Waals surface area contributed by atoms with Gasteiger partial charge in [0.15, 0.2) is 0 Å². The van der Waals surface area contributed by atoms with Gasteiger partial charge in [0.2, 0.25) is 0 Å². The molecule has 0 aliphatic heterocycles. The highest BCUT2D eigenvalue weighted by atomic mass is 79.9. The van der Waals surface area contributed by atoms with E-state index in [9.17, 15) is 4.79 Å². The van der Waals surface area contributed by atoms with Crippen molar-refractivity contribution in [3.63, 3.8) is 0 Å². The summed E-state index contributed by atoms with van der Waals surface area (Å²) in [4.78, 5) is 12.5. The van der Waals surface area contributed by atoms with Gasteiger partial charge in [0.25, 0.3) is 5.91 Å². The Morgan fingerprint density at radius 3 is 2.57 bits per heavy atom. The van der Waals surface area contributed by atoms with E-state index in [4.69, 9.17) is 5.73 Å². The van der Waals surface area contributed by atoms with Crippen molar-refractivity contribution < 1.29 is 4.79 Å². The van der Waals surface area contributed by atoms with Crippen molar-refractivity contribution in [1.29, 1.82) is 0 Å². The van der Waals surface area contributed by atoms with Crippen LogP contribution in [0.15, 0.2) is 40.9 Å². The van der Waals surface area contributed by atoms with Gasteiger partial charge in [-0.3, -0.25) is 4.79 Å². The number of para-hydroxylation sites is 1. The van der Waals surface area contributed by atoms with Crippen LogP contribution in [-0.2, 0) is 0 Å². The predicted octanol–water partition coefficient (Wildman–Crippen LogP) is 4.72. The topological polar surface area (TPSA) is 55.1 Å². The SMILES string of the molecule is Cc1c(N)cc(Br)cc1C(=O)Nc1ccccc1C(C)C. The normalized spacial score (nSPS) is 10.7. The lowest BCUT2D eigenvalue weighted by Crippen LogP contribution is -2.15. The summed E-state index contributed by atoms with van der Waals surface area (Å²) in [5.41, 5.74) is 9.86. The Balaban J connectivity index is 2.35. The van der Waals surface area contributed by atoms with Crippen molar-refractivity contribution >= 4 is 33.2 Å². The Labute approximate surface area is 133 Å². The standard InChI is InChI=1S/C17H19BrN2O/c1-10(2)13-6-4-5-7-16(13)20-17(21)14-8-12(18)9-15(19)11(14)3/h4-10H,19H2,1-3H3,(H,20,21). The van der Waals surface area contributed by atoms with Crippen LogP contribution in [0.2, 0.25) is 0 Å². The monoisotopic (exact) mass is 346 g/mol. The molecule has 3 N–H and O–H groups in total. The molecule has 0 heterocycles. The number of rotatable bonds is 3. The molecular weight excluding hydrogens is 328 g/mol. The van der Waals surface area contributed by atoms with E-state index >= 15 is 0 Å². The van der Waals surface area contributed by atoms with Gasteiger partial charge in [-0.2, -0.15) is 0 Å². The number of nitrogens with one attached hydrogen (secondary N) is 1. The van der Waals surface area contributed by atoms with Gasteiger partial charge in [-0.25, -0.2) is 0 Å². The molecule has 2 rings (SSSR count). The molecule has 110 valence electrons. The summed E-state index contributed by atoms with van der Waals surface area (Å²) >= 11 is 3.38. The van der Waals surface area contributed by atoms with E-state index in [0.717, 1.165) is 21.3 Å². The van der Waals surface area contributed by atoms with E-state index in [1.165, 1.54) is 0 Å². The number of carbonyl (C=O) groups is 1. The third-order valence-corrected chi connectivity index (χ3v) is 3.95. The van der Waals surface area contributed by atoms with E-state index in [-0.39, 0.29) is 5.91 Å². The number of hydrogen-bond donors (Lipinski definition) is 2. The van der Waals surface area contributed by atoms with Gasteiger partial charge in [-0.1, -0.05) is 48.0 Å². The maximum absolute atomic E-state index is 12.5. The molecule has 21 heavy (non-hydrogen) atoms. The van der Waals surface area contributed by atoms with Crippen LogP contribution in [0.25, 0.3) is 0 Å². The second kappa shape index (κ2) is 6.31. The molecule has 2 aromatic rings. The van der Waals surface area contributed by atoms with Gasteiger partial charge < -0.3 is 11.1 Å². The van der Waals surface area contributed by atoms with Crippen LogP contribution in [0.4, 0.5) is 11.4 Å². The van der Waals surface area contributed by atoms with Gasteiger partial charge in [0, 0.05) is 21.4 Å². The maximum Gasteiger partial charge on any atom is 0.256 e. The molecule has 1 amide bonds. The van der Waals surface area contributed by atoms with Gasteiger partial charge in [0.05, 0.1) is 0 Å². The van der Waals surface area contributed by atoms with Crippen LogP contribution in [0, 0.1) is 6.92 Å². The molecule has 0 atom stereocenters. The molecule has 0 unspecified atom stereocenters. The predicted molar refractivity (Wildman–Crippen MR) is 91.8 cm³/mol. The molecule has 0 saturated carbocycles. The van der Waals surface area contributed by atoms with Crippen LogP contribution in [-0.4, -0.2) is 5.91 Å². The summed E-state index contributed by atoms with van der Waals surface area (Å²) in [5.74, 6) is 0.198. The smallest absolute Gasteiger partial charge is 0.256 e. The van der Waals surface area contributed by atoms with Gasteiger partial charge in [-0.05, 0) is 42.2 Å². The number of carbonyl (C=O) groups excluding carboxylic acids is 1. The molecular formula is C17H19BrN2O. The lowest BCUT2D eigenvalue weighted by Gasteiger charge is -2.15. The lowest BCUT2D eigenvalue weighted by molar-refractivity contribution is 0.102. The van der Waals surface area contributed by atoms with Crippen LogP contribution < -0.4 is 11.1 Å². The molecule has 3 nitrogen and oxygen atoms in total. The van der Waals surface area contributed by atoms with Crippen molar-refractivity contribution in [2.45, 2.75) is 26.7 Å². The second-order valence-electron chi connectivity index (χ2n) is 5.36. The molecule has 0 aliphatic rings. The third kappa shape index (κ3) is 3.45. The van der Waals surface area contributed by atoms with E-state index in [1.807, 2.05) is 31.2 Å². The first-order valence-electron chi connectivity index (χ1n) is 6.86. The average Bonchev–Trinajstić information content (AvgIpc) is 2.43. The van der Waals surface area contributed by atoms with E-state index in [2.05, 4.69) is 35.1 Å². The average molecular weight is 347 g/mol. The summed E-state index contributed by atoms with van der Waals surface area (Å²) in [7, 11) is 0. The maximum atomic E-state index is 12.5. The Bertz CT molecular complexity index is 680. The Hall–Kier alpha value is -1.81. The van der Waals surface area contributed by atoms with Crippen LogP contribution in [0.1, 0.15) is 41.3 Å². The number of nitrogen functional groups attached to an aromatic ring is 1. The molecule has 0 radical (unpaired) electrons. The van der Waals surface area contributed by atoms with Crippen LogP contribution in [0.5, 0.6) is 0 Å². The first-order chi connectivity index (χ1) is 9.90. The molecule has 0 aliphatic carbocycles. The third-order valence-electron chi connectivity index (χ3n) is 3.49. The first kappa shape index (κ1) is 15.6. The molecule has 4 heteroatoms. The van der Waals surface area contributed by atoms with Crippen molar-refractivity contribution in [1.82, 2.24) is 0 Å². The fourth-order valence-corrected chi connectivity index (χ4v) is 2.72. The van der Waals surface area contributed by atoms with E-state index in [0.29, 0.717) is 17.2 Å². The van der Waals surface area contributed by atoms with E-state index in [1.54, 1.807) is 12.1 Å². The van der Waals surface area contributed by atoms with Gasteiger partial charge in [0.1, 0.15) is 0 Å². The number of halogens is 1. The summed E-state index contributed by atoms with van der Waals surface area (Å²) in [6.07, 6.45) is 0. The Morgan fingerprint density at radius 1 is 1.24 bits per heavy atom. The highest BCUT2D eigenvalue weighted by molar-refractivity contribution is 9.10. The summed E-state index contributed by atoms with van der Waals surface area (Å²) in [6.45, 7) is 6.06. The summed E-state index contributed by atoms with van der Waals surface area (Å²) in [5, 5.41) is 2.99. The zero-order valence-corrected chi connectivity index (χ0v) is 14.0. The molecule has 0 bridgehead atoms. The molecule has 2 aromatic carbocycles. The van der Waals surface area contributed by atoms with Crippen molar-refractivity contribution in [2.24, 2.45) is 0 Å². The molecule has 0 aromatic heterocycles. The highest BCUT2D eigenvalue weighted by Crippen LogP contribution is 2.26. The zero-order chi connectivity index (χ0) is 15.6. The molecule has 0 spiro atoms. The molecule has 0 fully saturated rings. The van der Waals surface area contributed by atoms with Gasteiger partial charge in [-0.15, -0.1) is 0 Å². The lowest BCUT2D eigenvalue weighted by atomic mass is 10.0. The number of amides is 1. The van der Waals surface area contributed by atoms with Gasteiger partial charge >= 0.3 is 0 Å². The Kier molecular flexibility index (Phi) is 4.68. The minimum atomic E-state index is -0.145. The second-order valence-corrected chi connectivity index (χ2v) is 6.28. The summed E-state index contributed by atoms with van der Waals surface area (Å²) < 4.78 is 0.799. The fourth-order valence-electron chi connectivity index (χ4n) is 2.24. The minimum Gasteiger partial charge on any atom is -0.398 e. The first-order valence-corrected chi connectivity index (χ1v) is 7.65. The number of benzene rings is 2. The van der Waals surface area contributed by atoms with Crippen LogP contribution >= 0.6 is 15.9 Å². The molecule has 0 saturated heterocycles. The zero-order valence-electron chi connectivity index (χ0n) is 12.4. The van der Waals surface area contributed by atoms with Crippen molar-refractivity contribution in [3.8, 4) is 0 Å². The van der Waals surface area contributed by atoms with Crippen molar-refractivity contribution in [2.75, 3.05) is 11.1 Å². The highest BCUT2D eigenvalue weighted by Gasteiger charge is 2.14. The van der Waals surface area contributed by atoms with E-state index < -0.39 is 0 Å². The number of hydrogen-bond acceptors (Lipinski definition) is 2. The Morgan fingerprint density at radius 2 is 1.90 bits per heavy atom. The van der Waals surface area contributed by atoms with Crippen molar-refractivity contribution in [3.05, 3.63) is 57.6 Å².